The van der Waals surface area contributed by atoms with Crippen LogP contribution in [0.15, 0.2) is 18.2 Å². The molecule has 0 aliphatic carbocycles. The maximum Gasteiger partial charge on any atom is 0.144 e. The molecule has 0 aromatic heterocycles. The Morgan fingerprint density at radius 1 is 1.33 bits per heavy atom. The Morgan fingerprint density at radius 3 is 2.44 bits per heavy atom. The third-order valence-electron chi connectivity index (χ3n) is 2.52. The SMILES string of the molecule is CC(C)Oc1cc(NC(C)(CO)CO)ccc1N. The number of hydrogen-bond acceptors (Lipinski definition) is 5. The second-order valence-electron chi connectivity index (χ2n) is 4.92. The smallest absolute Gasteiger partial charge is 0.144 e. The lowest BCUT2D eigenvalue weighted by Crippen LogP contribution is -2.42. The third kappa shape index (κ3) is 3.78. The molecule has 102 valence electrons. The molecule has 1 aromatic rings. The van der Waals surface area contributed by atoms with Crippen molar-refractivity contribution in [1.29, 1.82) is 0 Å². The number of nitrogens with two attached hydrogens (primary N) is 1. The normalized spacial score (nSPS) is 11.7. The van der Waals surface area contributed by atoms with Gasteiger partial charge >= 0.3 is 0 Å². The molecule has 1 aromatic carbocycles. The molecule has 5 N–H and O–H groups in total. The summed E-state index contributed by atoms with van der Waals surface area (Å²) in [4.78, 5) is 0. The van der Waals surface area contributed by atoms with Gasteiger partial charge in [0, 0.05) is 11.8 Å². The van der Waals surface area contributed by atoms with E-state index in [1.807, 2.05) is 13.8 Å². The fourth-order valence-electron chi connectivity index (χ4n) is 1.45. The Bertz CT molecular complexity index is 390. The van der Waals surface area contributed by atoms with Gasteiger partial charge in [-0.3, -0.25) is 0 Å². The van der Waals surface area contributed by atoms with Crippen LogP contribution in [0, 0.1) is 0 Å². The zero-order valence-electron chi connectivity index (χ0n) is 11.1. The summed E-state index contributed by atoms with van der Waals surface area (Å²) in [5.41, 5.74) is 6.34. The van der Waals surface area contributed by atoms with Gasteiger partial charge < -0.3 is 26.0 Å². The fraction of sp³-hybridized carbons (Fsp3) is 0.538. The number of nitrogens with one attached hydrogen (secondary N) is 1. The van der Waals surface area contributed by atoms with E-state index in [-0.39, 0.29) is 19.3 Å². The first kappa shape index (κ1) is 14.6. The average molecular weight is 254 g/mol. The molecule has 0 radical (unpaired) electrons. The van der Waals surface area contributed by atoms with Crippen LogP contribution in [0.5, 0.6) is 5.75 Å². The first-order valence-electron chi connectivity index (χ1n) is 5.96. The average Bonchev–Trinajstić information content (AvgIpc) is 2.33. The van der Waals surface area contributed by atoms with Gasteiger partial charge in [-0.15, -0.1) is 0 Å². The number of benzene rings is 1. The molecule has 5 heteroatoms. The summed E-state index contributed by atoms with van der Waals surface area (Å²) in [6.45, 7) is 5.23. The molecule has 1 rings (SSSR count). The molecular weight excluding hydrogens is 232 g/mol. The molecular formula is C13H22N2O3. The van der Waals surface area contributed by atoms with E-state index in [9.17, 15) is 10.2 Å². The van der Waals surface area contributed by atoms with Crippen molar-refractivity contribution in [2.45, 2.75) is 32.4 Å². The largest absolute Gasteiger partial charge is 0.489 e. The van der Waals surface area contributed by atoms with Gasteiger partial charge in [0.05, 0.1) is 30.5 Å². The number of aliphatic hydroxyl groups excluding tert-OH is 2. The van der Waals surface area contributed by atoms with Crippen molar-refractivity contribution >= 4 is 11.4 Å². The lowest BCUT2D eigenvalue weighted by atomic mass is 10.0. The third-order valence-corrected chi connectivity index (χ3v) is 2.52. The van der Waals surface area contributed by atoms with Crippen molar-refractivity contribution in [3.05, 3.63) is 18.2 Å². The number of ether oxygens (including phenoxy) is 1. The highest BCUT2D eigenvalue weighted by Crippen LogP contribution is 2.28. The van der Waals surface area contributed by atoms with Crippen molar-refractivity contribution in [1.82, 2.24) is 0 Å². The van der Waals surface area contributed by atoms with Gasteiger partial charge in [0.15, 0.2) is 0 Å². The van der Waals surface area contributed by atoms with Gasteiger partial charge in [-0.25, -0.2) is 0 Å². The van der Waals surface area contributed by atoms with Crippen molar-refractivity contribution in [3.63, 3.8) is 0 Å². The molecule has 0 bridgehead atoms. The molecule has 0 atom stereocenters. The minimum absolute atomic E-state index is 0.0321. The lowest BCUT2D eigenvalue weighted by Gasteiger charge is -2.28. The lowest BCUT2D eigenvalue weighted by molar-refractivity contribution is 0.147. The second kappa shape index (κ2) is 5.93. The molecule has 0 unspecified atom stereocenters. The van der Waals surface area contributed by atoms with Crippen LogP contribution in [0.4, 0.5) is 11.4 Å². The minimum atomic E-state index is -0.773. The van der Waals surface area contributed by atoms with Gasteiger partial charge in [0.2, 0.25) is 0 Å². The molecule has 0 aliphatic heterocycles. The van der Waals surface area contributed by atoms with E-state index < -0.39 is 5.54 Å². The van der Waals surface area contributed by atoms with Crippen molar-refractivity contribution < 1.29 is 14.9 Å². The molecule has 0 fully saturated rings. The molecule has 5 nitrogen and oxygen atoms in total. The summed E-state index contributed by atoms with van der Waals surface area (Å²) in [5, 5.41) is 21.5. The van der Waals surface area contributed by atoms with Crippen LogP contribution in [0.3, 0.4) is 0 Å². The number of anilines is 2. The van der Waals surface area contributed by atoms with E-state index in [1.165, 1.54) is 0 Å². The molecule has 0 aliphatic rings. The zero-order valence-corrected chi connectivity index (χ0v) is 11.1. The van der Waals surface area contributed by atoms with Crippen molar-refractivity contribution in [3.8, 4) is 5.75 Å². The van der Waals surface area contributed by atoms with Crippen molar-refractivity contribution in [2.24, 2.45) is 0 Å². The summed E-state index contributed by atoms with van der Waals surface area (Å²) in [5.74, 6) is 0.591. The summed E-state index contributed by atoms with van der Waals surface area (Å²) >= 11 is 0. The van der Waals surface area contributed by atoms with Gasteiger partial charge in [0.1, 0.15) is 5.75 Å². The first-order valence-corrected chi connectivity index (χ1v) is 5.96. The first-order chi connectivity index (χ1) is 8.40. The van der Waals surface area contributed by atoms with E-state index in [4.69, 9.17) is 10.5 Å². The van der Waals surface area contributed by atoms with Crippen LogP contribution in [-0.2, 0) is 0 Å². The van der Waals surface area contributed by atoms with E-state index in [2.05, 4.69) is 5.32 Å². The van der Waals surface area contributed by atoms with Crippen molar-refractivity contribution in [2.75, 3.05) is 24.3 Å². The number of rotatable bonds is 6. The second-order valence-corrected chi connectivity index (χ2v) is 4.92. The Morgan fingerprint density at radius 2 is 1.94 bits per heavy atom. The Labute approximate surface area is 108 Å². The quantitative estimate of drug-likeness (QED) is 0.573. The Hall–Kier alpha value is -1.46. The van der Waals surface area contributed by atoms with Gasteiger partial charge in [-0.2, -0.15) is 0 Å². The van der Waals surface area contributed by atoms with Crippen LogP contribution in [-0.4, -0.2) is 35.1 Å². The van der Waals surface area contributed by atoms with Crippen LogP contribution < -0.4 is 15.8 Å². The Kier molecular flexibility index (Phi) is 4.81. The summed E-state index contributed by atoms with van der Waals surface area (Å²) in [7, 11) is 0. The highest BCUT2D eigenvalue weighted by molar-refractivity contribution is 5.62. The van der Waals surface area contributed by atoms with Crippen LogP contribution >= 0.6 is 0 Å². The van der Waals surface area contributed by atoms with Gasteiger partial charge in [-0.1, -0.05) is 0 Å². The predicted molar refractivity (Wildman–Crippen MR) is 72.8 cm³/mol. The van der Waals surface area contributed by atoms with E-state index >= 15 is 0 Å². The number of nitrogen functional groups attached to an aromatic ring is 1. The number of aliphatic hydroxyl groups is 2. The standard InChI is InChI=1S/C13H22N2O3/c1-9(2)18-12-6-10(4-5-11(12)14)15-13(3,7-16)8-17/h4-6,9,15-17H,7-8,14H2,1-3H3. The van der Waals surface area contributed by atoms with Crippen LogP contribution in [0.1, 0.15) is 20.8 Å². The molecule has 0 spiro atoms. The molecule has 18 heavy (non-hydrogen) atoms. The van der Waals surface area contributed by atoms with Crippen LogP contribution in [0.2, 0.25) is 0 Å². The summed E-state index contributed by atoms with van der Waals surface area (Å²) < 4.78 is 5.58. The summed E-state index contributed by atoms with van der Waals surface area (Å²) in [6, 6.07) is 5.28. The maximum atomic E-state index is 9.24. The molecule has 0 saturated carbocycles. The topological polar surface area (TPSA) is 87.7 Å². The molecule has 0 saturated heterocycles. The molecule has 0 heterocycles. The minimum Gasteiger partial charge on any atom is -0.489 e. The van der Waals surface area contributed by atoms with Gasteiger partial charge in [-0.05, 0) is 32.9 Å². The van der Waals surface area contributed by atoms with Crippen LogP contribution in [0.25, 0.3) is 0 Å². The highest BCUT2D eigenvalue weighted by Gasteiger charge is 2.22. The maximum absolute atomic E-state index is 9.24. The van der Waals surface area contributed by atoms with E-state index in [0.29, 0.717) is 11.4 Å². The monoisotopic (exact) mass is 254 g/mol. The fourth-order valence-corrected chi connectivity index (χ4v) is 1.45. The van der Waals surface area contributed by atoms with Gasteiger partial charge in [0.25, 0.3) is 0 Å². The van der Waals surface area contributed by atoms with E-state index in [0.717, 1.165) is 5.69 Å². The Balaban J connectivity index is 2.91. The number of hydrogen-bond donors (Lipinski definition) is 4. The molecule has 0 amide bonds. The van der Waals surface area contributed by atoms with E-state index in [1.54, 1.807) is 25.1 Å². The summed E-state index contributed by atoms with van der Waals surface area (Å²) in [6.07, 6.45) is 0.0321. The predicted octanol–water partition coefficient (Wildman–Crippen LogP) is 1.21. The highest BCUT2D eigenvalue weighted by atomic mass is 16.5. The zero-order chi connectivity index (χ0) is 13.8.